The summed E-state index contributed by atoms with van der Waals surface area (Å²) in [6.45, 7) is 19.9. The van der Waals surface area contributed by atoms with Gasteiger partial charge in [0.05, 0.1) is 25.0 Å². The Morgan fingerprint density at radius 2 is 1.00 bits per heavy atom. The van der Waals surface area contributed by atoms with Gasteiger partial charge in [-0.25, -0.2) is 0 Å². The lowest BCUT2D eigenvalue weighted by Crippen LogP contribution is -2.44. The molecule has 0 bridgehead atoms. The number of benzene rings is 2. The minimum Gasteiger partial charge on any atom is -0.507 e. The lowest BCUT2D eigenvalue weighted by atomic mass is 9.55. The summed E-state index contributed by atoms with van der Waals surface area (Å²) in [7, 11) is 3.26. The number of allylic oxidation sites excluding steroid dienone is 8. The number of ether oxygens (including phenoxy) is 2. The second kappa shape index (κ2) is 11.0. The first kappa shape index (κ1) is 32.8. The van der Waals surface area contributed by atoms with Crippen molar-refractivity contribution >= 4 is 22.7 Å². The second-order valence-corrected chi connectivity index (χ2v) is 13.4. The molecule has 0 aliphatic heterocycles. The van der Waals surface area contributed by atoms with Gasteiger partial charge in [-0.15, -0.1) is 0 Å². The maximum atomic E-state index is 12.5. The molecule has 4 aliphatic rings. The molecule has 6 heteroatoms. The predicted octanol–water partition coefficient (Wildman–Crippen LogP) is 8.69. The third-order valence-corrected chi connectivity index (χ3v) is 11.0. The number of aliphatic hydroxyl groups excluding tert-OH is 2. The Morgan fingerprint density at radius 3 is 1.30 bits per heavy atom. The lowest BCUT2D eigenvalue weighted by molar-refractivity contribution is -0.123. The summed E-state index contributed by atoms with van der Waals surface area (Å²) in [5, 5.41) is 21.7. The van der Waals surface area contributed by atoms with Crippen LogP contribution >= 0.6 is 0 Å². The molecule has 2 aromatic carbocycles. The molecule has 0 saturated heterocycles. The van der Waals surface area contributed by atoms with Gasteiger partial charge < -0.3 is 19.7 Å². The fourth-order valence-electron chi connectivity index (χ4n) is 7.82. The molecule has 240 valence electrons. The largest absolute Gasteiger partial charge is 0.507 e. The molecular weight excluding hydrogens is 576 g/mol. The predicted molar refractivity (Wildman–Crippen MR) is 183 cm³/mol. The van der Waals surface area contributed by atoms with Crippen LogP contribution in [0.5, 0.6) is 11.5 Å². The number of fused-ring (bicyclic) bond motifs is 6. The number of aliphatic hydroxyl groups is 2. The lowest BCUT2D eigenvalue weighted by Gasteiger charge is -2.47. The number of carbonyl (C=O) groups excluding carboxylic acids is 2. The molecule has 0 spiro atoms. The quantitative estimate of drug-likeness (QED) is 0.355. The summed E-state index contributed by atoms with van der Waals surface area (Å²) in [4.78, 5) is 25.1. The van der Waals surface area contributed by atoms with Crippen LogP contribution in [0.2, 0.25) is 0 Å². The van der Waals surface area contributed by atoms with E-state index in [1.54, 1.807) is 26.4 Å². The molecule has 4 aliphatic carbocycles. The van der Waals surface area contributed by atoms with E-state index in [0.29, 0.717) is 24.0 Å². The maximum absolute atomic E-state index is 12.5. The normalized spacial score (nSPS) is 29.4. The monoisotopic (exact) mass is 620 g/mol. The van der Waals surface area contributed by atoms with Crippen LogP contribution in [-0.2, 0) is 20.4 Å². The van der Waals surface area contributed by atoms with Crippen LogP contribution in [0.1, 0.15) is 76.6 Å². The number of hydrogen-bond acceptors (Lipinski definition) is 6. The summed E-state index contributed by atoms with van der Waals surface area (Å²) >= 11 is 0. The molecule has 0 saturated carbocycles. The molecule has 4 atom stereocenters. The van der Waals surface area contributed by atoms with Crippen molar-refractivity contribution in [2.75, 3.05) is 14.2 Å². The van der Waals surface area contributed by atoms with E-state index < -0.39 is 21.7 Å². The molecule has 2 unspecified atom stereocenters. The van der Waals surface area contributed by atoms with Gasteiger partial charge in [0.15, 0.2) is 11.6 Å². The van der Waals surface area contributed by atoms with Crippen LogP contribution in [0.3, 0.4) is 0 Å². The zero-order chi connectivity index (χ0) is 34.0. The second-order valence-electron chi connectivity index (χ2n) is 13.4. The molecule has 46 heavy (non-hydrogen) atoms. The van der Waals surface area contributed by atoms with E-state index in [1.807, 2.05) is 90.1 Å². The fraction of sp³-hybridized carbons (Fsp3) is 0.350. The van der Waals surface area contributed by atoms with Crippen molar-refractivity contribution in [3.05, 3.63) is 119 Å². The Labute approximate surface area is 272 Å². The fourth-order valence-corrected chi connectivity index (χ4v) is 7.82. The first-order valence-corrected chi connectivity index (χ1v) is 15.7. The Morgan fingerprint density at radius 1 is 0.652 bits per heavy atom. The Kier molecular flexibility index (Phi) is 7.87. The molecule has 0 fully saturated rings. The highest BCUT2D eigenvalue weighted by Gasteiger charge is 2.53. The molecule has 0 radical (unpaired) electrons. The third kappa shape index (κ3) is 4.37. The minimum atomic E-state index is -0.725. The summed E-state index contributed by atoms with van der Waals surface area (Å²) < 4.78 is 10.7. The van der Waals surface area contributed by atoms with Crippen molar-refractivity contribution in [3.63, 3.8) is 0 Å². The van der Waals surface area contributed by atoms with Gasteiger partial charge in [0.1, 0.15) is 23.0 Å². The van der Waals surface area contributed by atoms with Gasteiger partial charge in [-0.3, -0.25) is 9.59 Å². The van der Waals surface area contributed by atoms with Crippen molar-refractivity contribution in [3.8, 4) is 11.5 Å². The van der Waals surface area contributed by atoms with Gasteiger partial charge in [-0.1, -0.05) is 51.3 Å². The highest BCUT2D eigenvalue weighted by Crippen LogP contribution is 2.57. The number of ketones is 2. The minimum absolute atomic E-state index is 0.0261. The van der Waals surface area contributed by atoms with Crippen LogP contribution in [0.4, 0.5) is 0 Å². The van der Waals surface area contributed by atoms with Crippen LogP contribution in [0.15, 0.2) is 96.5 Å². The first-order chi connectivity index (χ1) is 21.6. The molecule has 6 nitrogen and oxygen atoms in total. The SMILES string of the molecule is C=C1C(O)=C2C(C)(CC)C(=O)C=CC2(C)c2cc(OC)ccc21.C=C1C(O)=C2[C@](C)(CC)C(=O)C=C[C@]2(C)c2cc(OC)ccc21. The number of carbonyl (C=O) groups is 2. The van der Waals surface area contributed by atoms with Crippen LogP contribution in [0.25, 0.3) is 11.1 Å². The smallest absolute Gasteiger partial charge is 0.165 e. The van der Waals surface area contributed by atoms with E-state index in [-0.39, 0.29) is 23.1 Å². The Balaban J connectivity index is 0.000000181. The van der Waals surface area contributed by atoms with E-state index in [2.05, 4.69) is 13.2 Å². The number of rotatable bonds is 4. The average Bonchev–Trinajstić information content (AvgIpc) is 3.06. The standard InChI is InChI=1S/2C20H22O3/c2*1-6-19(3)16(21)9-10-20(4)15-11-13(23-5)7-8-14(15)12(2)17(22)18(19)20/h2*7-11,22H,2,6H2,1,3-5H3/t19-,20-;/m1./s1. The van der Waals surface area contributed by atoms with Crippen molar-refractivity contribution in [2.45, 2.75) is 65.2 Å². The summed E-state index contributed by atoms with van der Waals surface area (Å²) in [5.74, 6) is 1.85. The van der Waals surface area contributed by atoms with Gasteiger partial charge in [-0.05, 0) is 110 Å². The van der Waals surface area contributed by atoms with E-state index in [1.165, 1.54) is 0 Å². The van der Waals surface area contributed by atoms with Gasteiger partial charge in [0.2, 0.25) is 0 Å². The van der Waals surface area contributed by atoms with E-state index in [4.69, 9.17) is 9.47 Å². The summed E-state index contributed by atoms with van der Waals surface area (Å²) in [5.41, 5.74) is 3.89. The summed E-state index contributed by atoms with van der Waals surface area (Å²) in [6, 6.07) is 11.5. The third-order valence-electron chi connectivity index (χ3n) is 11.0. The van der Waals surface area contributed by atoms with Crippen LogP contribution in [0, 0.1) is 10.8 Å². The van der Waals surface area contributed by atoms with Crippen molar-refractivity contribution < 1.29 is 29.3 Å². The molecular formula is C40H44O6. The Bertz CT molecular complexity index is 1700. The van der Waals surface area contributed by atoms with E-state index in [0.717, 1.165) is 44.9 Å². The van der Waals surface area contributed by atoms with E-state index in [9.17, 15) is 19.8 Å². The zero-order valence-corrected chi connectivity index (χ0v) is 28.1. The number of hydrogen-bond donors (Lipinski definition) is 2. The zero-order valence-electron chi connectivity index (χ0n) is 28.1. The van der Waals surface area contributed by atoms with Gasteiger partial charge >= 0.3 is 0 Å². The topological polar surface area (TPSA) is 93.1 Å². The average molecular weight is 621 g/mol. The van der Waals surface area contributed by atoms with Crippen molar-refractivity contribution in [1.82, 2.24) is 0 Å². The molecule has 6 rings (SSSR count). The highest BCUT2D eigenvalue weighted by atomic mass is 16.5. The molecule has 0 heterocycles. The Hall–Kier alpha value is -4.58. The molecule has 0 amide bonds. The molecule has 2 N–H and O–H groups in total. The van der Waals surface area contributed by atoms with Crippen molar-refractivity contribution in [2.24, 2.45) is 10.8 Å². The summed E-state index contributed by atoms with van der Waals surface area (Å²) in [6.07, 6.45) is 8.33. The maximum Gasteiger partial charge on any atom is 0.165 e. The van der Waals surface area contributed by atoms with E-state index >= 15 is 0 Å². The van der Waals surface area contributed by atoms with Gasteiger partial charge in [-0.2, -0.15) is 0 Å². The van der Waals surface area contributed by atoms with Crippen LogP contribution < -0.4 is 9.47 Å². The molecule has 2 aromatic rings. The first-order valence-electron chi connectivity index (χ1n) is 15.7. The highest BCUT2D eigenvalue weighted by molar-refractivity contribution is 6.02. The van der Waals surface area contributed by atoms with Gasteiger partial charge in [0, 0.05) is 22.0 Å². The van der Waals surface area contributed by atoms with Gasteiger partial charge in [0.25, 0.3) is 0 Å². The molecule has 0 aromatic heterocycles. The number of methoxy groups -OCH3 is 2. The van der Waals surface area contributed by atoms with Crippen LogP contribution in [-0.4, -0.2) is 36.0 Å². The van der Waals surface area contributed by atoms with Crippen molar-refractivity contribution in [1.29, 1.82) is 0 Å².